The van der Waals surface area contributed by atoms with Crippen LogP contribution in [0.1, 0.15) is 52.0 Å². The zero-order valence-electron chi connectivity index (χ0n) is 12.1. The lowest BCUT2D eigenvalue weighted by atomic mass is 10.1. The van der Waals surface area contributed by atoms with E-state index in [-0.39, 0.29) is 0 Å². The third-order valence-corrected chi connectivity index (χ3v) is 3.16. The van der Waals surface area contributed by atoms with E-state index in [1.807, 2.05) is 7.05 Å². The predicted octanol–water partition coefficient (Wildman–Crippen LogP) is 3.46. The van der Waals surface area contributed by atoms with Gasteiger partial charge in [-0.05, 0) is 19.8 Å². The Hall–Kier alpha value is -1.32. The molecule has 0 bridgehead atoms. The van der Waals surface area contributed by atoms with Gasteiger partial charge < -0.3 is 10.6 Å². The van der Waals surface area contributed by atoms with Gasteiger partial charge in [-0.1, -0.05) is 33.1 Å². The van der Waals surface area contributed by atoms with Gasteiger partial charge in [0.2, 0.25) is 0 Å². The van der Waals surface area contributed by atoms with Crippen molar-refractivity contribution >= 4 is 11.6 Å². The summed E-state index contributed by atoms with van der Waals surface area (Å²) in [5.74, 6) is 1.90. The first kappa shape index (κ1) is 14.7. The minimum absolute atomic E-state index is 0.460. The summed E-state index contributed by atoms with van der Waals surface area (Å²) in [5, 5.41) is 6.63. The minimum Gasteiger partial charge on any atom is -0.373 e. The predicted molar refractivity (Wildman–Crippen MR) is 78.2 cm³/mol. The number of aromatic nitrogens is 2. The van der Waals surface area contributed by atoms with Gasteiger partial charge in [-0.25, -0.2) is 9.97 Å². The number of anilines is 2. The molecular weight excluding hydrogens is 224 g/mol. The summed E-state index contributed by atoms with van der Waals surface area (Å²) in [6.45, 7) is 6.58. The Kier molecular flexibility index (Phi) is 6.47. The maximum absolute atomic E-state index is 4.36. The van der Waals surface area contributed by atoms with Gasteiger partial charge in [-0.3, -0.25) is 0 Å². The first-order valence-corrected chi connectivity index (χ1v) is 7.01. The largest absolute Gasteiger partial charge is 0.373 e. The lowest BCUT2D eigenvalue weighted by Crippen LogP contribution is -2.18. The maximum atomic E-state index is 4.36. The summed E-state index contributed by atoms with van der Waals surface area (Å²) in [5.41, 5.74) is 1.17. The molecule has 0 fully saturated rings. The summed E-state index contributed by atoms with van der Waals surface area (Å²) in [6, 6.07) is 0.460. The van der Waals surface area contributed by atoms with E-state index >= 15 is 0 Å². The fourth-order valence-corrected chi connectivity index (χ4v) is 2.09. The lowest BCUT2D eigenvalue weighted by Gasteiger charge is -2.17. The molecular formula is C14H26N4. The van der Waals surface area contributed by atoms with Crippen LogP contribution in [0.25, 0.3) is 0 Å². The summed E-state index contributed by atoms with van der Waals surface area (Å²) in [6.07, 6.45) is 7.58. The Morgan fingerprint density at radius 1 is 1.17 bits per heavy atom. The molecule has 0 saturated carbocycles. The number of nitrogens with one attached hydrogen (secondary N) is 2. The van der Waals surface area contributed by atoms with Crippen LogP contribution in [-0.2, 0) is 6.42 Å². The molecule has 0 radical (unpaired) electrons. The highest BCUT2D eigenvalue weighted by molar-refractivity contribution is 5.57. The van der Waals surface area contributed by atoms with Crippen LogP contribution >= 0.6 is 0 Å². The maximum Gasteiger partial charge on any atom is 0.134 e. The Labute approximate surface area is 111 Å². The van der Waals surface area contributed by atoms with Gasteiger partial charge in [0, 0.05) is 18.7 Å². The van der Waals surface area contributed by atoms with E-state index in [1.165, 1.54) is 31.2 Å². The highest BCUT2D eigenvalue weighted by Crippen LogP contribution is 2.21. The molecule has 0 aromatic carbocycles. The van der Waals surface area contributed by atoms with Crippen molar-refractivity contribution < 1.29 is 0 Å². The smallest absolute Gasteiger partial charge is 0.134 e. The molecule has 1 rings (SSSR count). The highest BCUT2D eigenvalue weighted by atomic mass is 15.1. The third-order valence-electron chi connectivity index (χ3n) is 3.16. The molecule has 0 spiro atoms. The first-order valence-electron chi connectivity index (χ1n) is 7.01. The zero-order chi connectivity index (χ0) is 13.4. The first-order chi connectivity index (χ1) is 8.72. The van der Waals surface area contributed by atoms with Crippen LogP contribution in [0.4, 0.5) is 11.6 Å². The van der Waals surface area contributed by atoms with Crippen LogP contribution in [0.3, 0.4) is 0 Å². The zero-order valence-corrected chi connectivity index (χ0v) is 12.1. The summed E-state index contributed by atoms with van der Waals surface area (Å²) >= 11 is 0. The van der Waals surface area contributed by atoms with Crippen LogP contribution in [-0.4, -0.2) is 23.1 Å². The highest BCUT2D eigenvalue weighted by Gasteiger charge is 2.10. The number of hydrogen-bond acceptors (Lipinski definition) is 4. The Balaban J connectivity index is 2.65. The number of rotatable bonds is 8. The van der Waals surface area contributed by atoms with Gasteiger partial charge in [-0.2, -0.15) is 0 Å². The fourth-order valence-electron chi connectivity index (χ4n) is 2.09. The molecule has 1 atom stereocenters. The minimum atomic E-state index is 0.460. The van der Waals surface area contributed by atoms with Crippen molar-refractivity contribution in [3.63, 3.8) is 0 Å². The van der Waals surface area contributed by atoms with Gasteiger partial charge in [0.25, 0.3) is 0 Å². The van der Waals surface area contributed by atoms with E-state index in [4.69, 9.17) is 0 Å². The average Bonchev–Trinajstić information content (AvgIpc) is 2.38. The monoisotopic (exact) mass is 250 g/mol. The van der Waals surface area contributed by atoms with E-state index < -0.39 is 0 Å². The standard InChI is InChI=1S/C14H26N4/c1-5-7-8-9-11(3)18-14-12(6-2)13(15-4)16-10-17-14/h10-11H,5-9H2,1-4H3,(H2,15,16,17,18). The lowest BCUT2D eigenvalue weighted by molar-refractivity contribution is 0.613. The molecule has 1 aromatic rings. The average molecular weight is 250 g/mol. The van der Waals surface area contributed by atoms with E-state index in [9.17, 15) is 0 Å². The summed E-state index contributed by atoms with van der Waals surface area (Å²) in [4.78, 5) is 8.61. The van der Waals surface area contributed by atoms with Crippen molar-refractivity contribution in [2.24, 2.45) is 0 Å². The van der Waals surface area contributed by atoms with Crippen LogP contribution in [0.5, 0.6) is 0 Å². The molecule has 0 saturated heterocycles. The van der Waals surface area contributed by atoms with E-state index in [0.29, 0.717) is 6.04 Å². The van der Waals surface area contributed by atoms with Gasteiger partial charge in [-0.15, -0.1) is 0 Å². The summed E-state index contributed by atoms with van der Waals surface area (Å²) < 4.78 is 0. The number of hydrogen-bond donors (Lipinski definition) is 2. The van der Waals surface area contributed by atoms with E-state index in [2.05, 4.69) is 41.4 Å². The molecule has 0 amide bonds. The Morgan fingerprint density at radius 3 is 2.50 bits per heavy atom. The van der Waals surface area contributed by atoms with Gasteiger partial charge in [0.05, 0.1) is 0 Å². The molecule has 18 heavy (non-hydrogen) atoms. The van der Waals surface area contributed by atoms with Gasteiger partial charge in [0.15, 0.2) is 0 Å². The SMILES string of the molecule is CCCCCC(C)Nc1ncnc(NC)c1CC. The molecule has 0 aliphatic heterocycles. The Morgan fingerprint density at radius 2 is 1.89 bits per heavy atom. The third kappa shape index (κ3) is 4.17. The van der Waals surface area contributed by atoms with Crippen LogP contribution in [0, 0.1) is 0 Å². The number of unbranched alkanes of at least 4 members (excludes halogenated alkanes) is 2. The number of nitrogens with zero attached hydrogens (tertiary/aromatic N) is 2. The van der Waals surface area contributed by atoms with Crippen molar-refractivity contribution in [1.82, 2.24) is 9.97 Å². The van der Waals surface area contributed by atoms with Crippen molar-refractivity contribution in [1.29, 1.82) is 0 Å². The van der Waals surface area contributed by atoms with Crippen molar-refractivity contribution in [3.05, 3.63) is 11.9 Å². The topological polar surface area (TPSA) is 49.8 Å². The molecule has 4 heteroatoms. The molecule has 1 unspecified atom stereocenters. The molecule has 1 aromatic heterocycles. The quantitative estimate of drug-likeness (QED) is 0.694. The second kappa shape index (κ2) is 7.90. The fraction of sp³-hybridized carbons (Fsp3) is 0.714. The van der Waals surface area contributed by atoms with Gasteiger partial charge >= 0.3 is 0 Å². The molecule has 0 aliphatic carbocycles. The van der Waals surface area contributed by atoms with Gasteiger partial charge in [0.1, 0.15) is 18.0 Å². The molecule has 2 N–H and O–H groups in total. The van der Waals surface area contributed by atoms with Crippen molar-refractivity contribution in [2.75, 3.05) is 17.7 Å². The van der Waals surface area contributed by atoms with E-state index in [0.717, 1.165) is 18.1 Å². The normalized spacial score (nSPS) is 12.2. The van der Waals surface area contributed by atoms with Crippen molar-refractivity contribution in [3.8, 4) is 0 Å². The van der Waals surface area contributed by atoms with Crippen LogP contribution in [0.2, 0.25) is 0 Å². The second-order valence-corrected chi connectivity index (χ2v) is 4.69. The van der Waals surface area contributed by atoms with E-state index in [1.54, 1.807) is 6.33 Å². The molecule has 1 heterocycles. The Bertz CT molecular complexity index is 352. The summed E-state index contributed by atoms with van der Waals surface area (Å²) in [7, 11) is 1.90. The van der Waals surface area contributed by atoms with Crippen LogP contribution in [0.15, 0.2) is 6.33 Å². The van der Waals surface area contributed by atoms with Crippen molar-refractivity contribution in [2.45, 2.75) is 58.9 Å². The molecule has 4 nitrogen and oxygen atoms in total. The van der Waals surface area contributed by atoms with Crippen LogP contribution < -0.4 is 10.6 Å². The molecule has 0 aliphatic rings. The second-order valence-electron chi connectivity index (χ2n) is 4.69. The molecule has 102 valence electrons.